The summed E-state index contributed by atoms with van der Waals surface area (Å²) in [6.45, 7) is 3.61. The van der Waals surface area contributed by atoms with Gasteiger partial charge in [0.2, 0.25) is 11.8 Å². The van der Waals surface area contributed by atoms with E-state index in [0.29, 0.717) is 50.5 Å². The number of anilines is 1. The van der Waals surface area contributed by atoms with Crippen molar-refractivity contribution in [3.8, 4) is 0 Å². The lowest BCUT2D eigenvalue weighted by Gasteiger charge is -2.36. The number of benzene rings is 1. The molecule has 1 aromatic carbocycles. The molecule has 31 heavy (non-hydrogen) atoms. The number of piperazine rings is 1. The lowest BCUT2D eigenvalue weighted by atomic mass is 10.0. The number of hydrogen-bond acceptors (Lipinski definition) is 6. The first-order chi connectivity index (χ1) is 14.8. The molecule has 1 aromatic rings. The van der Waals surface area contributed by atoms with Crippen molar-refractivity contribution in [2.24, 2.45) is 0 Å². The number of carboxylic acid groups (broad SMARTS) is 1. The van der Waals surface area contributed by atoms with Crippen LogP contribution < -0.4 is 15.5 Å². The Balaban J connectivity index is 1.42. The molecular weight excluding hydrogens is 409 g/mol. The van der Waals surface area contributed by atoms with Crippen molar-refractivity contribution in [2.75, 3.05) is 44.2 Å². The monoisotopic (exact) mass is 433 g/mol. The molecule has 3 aliphatic heterocycles. The highest BCUT2D eigenvalue weighted by Crippen LogP contribution is 2.32. The summed E-state index contributed by atoms with van der Waals surface area (Å²) >= 11 is 0. The van der Waals surface area contributed by atoms with E-state index in [1.165, 1.54) is 11.0 Å². The van der Waals surface area contributed by atoms with Crippen molar-refractivity contribution < 1.29 is 28.7 Å². The summed E-state index contributed by atoms with van der Waals surface area (Å²) in [6, 6.07) is 2.19. The molecule has 0 bridgehead atoms. The topological polar surface area (TPSA) is 122 Å². The largest absolute Gasteiger partial charge is 0.465 e. The Bertz CT molecular complexity index is 931. The Hall–Kier alpha value is -3.21. The zero-order valence-electron chi connectivity index (χ0n) is 16.9. The lowest BCUT2D eigenvalue weighted by molar-refractivity contribution is -0.136. The van der Waals surface area contributed by atoms with Crippen molar-refractivity contribution in [2.45, 2.75) is 25.4 Å². The van der Waals surface area contributed by atoms with Crippen molar-refractivity contribution in [3.05, 3.63) is 29.1 Å². The highest BCUT2D eigenvalue weighted by Gasteiger charge is 2.39. The van der Waals surface area contributed by atoms with Crippen molar-refractivity contribution >= 4 is 29.5 Å². The average molecular weight is 433 g/mol. The van der Waals surface area contributed by atoms with Crippen LogP contribution in [-0.2, 0) is 16.1 Å². The Morgan fingerprint density at radius 2 is 1.94 bits per heavy atom. The van der Waals surface area contributed by atoms with E-state index in [1.54, 1.807) is 6.07 Å². The fourth-order valence-electron chi connectivity index (χ4n) is 4.35. The van der Waals surface area contributed by atoms with Crippen molar-refractivity contribution in [1.82, 2.24) is 20.4 Å². The van der Waals surface area contributed by atoms with Crippen LogP contribution >= 0.6 is 0 Å². The first-order valence-electron chi connectivity index (χ1n) is 10.2. The summed E-state index contributed by atoms with van der Waals surface area (Å²) in [7, 11) is 0. The molecule has 1 atom stereocenters. The number of imide groups is 1. The fraction of sp³-hybridized carbons (Fsp3) is 0.500. The predicted octanol–water partition coefficient (Wildman–Crippen LogP) is -0.0237. The van der Waals surface area contributed by atoms with Gasteiger partial charge < -0.3 is 20.2 Å². The molecule has 0 saturated carbocycles. The van der Waals surface area contributed by atoms with Gasteiger partial charge in [-0.15, -0.1) is 0 Å². The van der Waals surface area contributed by atoms with E-state index in [0.717, 1.165) is 0 Å². The van der Waals surface area contributed by atoms with Crippen molar-refractivity contribution in [3.63, 3.8) is 0 Å². The number of halogens is 1. The van der Waals surface area contributed by atoms with Gasteiger partial charge in [0.05, 0.1) is 5.69 Å². The molecule has 4 amide bonds. The van der Waals surface area contributed by atoms with Gasteiger partial charge in [-0.2, -0.15) is 0 Å². The summed E-state index contributed by atoms with van der Waals surface area (Å²) in [5.74, 6) is -1.73. The molecule has 166 valence electrons. The van der Waals surface area contributed by atoms with E-state index < -0.39 is 29.8 Å². The Labute approximate surface area is 178 Å². The second-order valence-corrected chi connectivity index (χ2v) is 7.92. The molecule has 0 radical (unpaired) electrons. The number of carbonyl (C=O) groups excluding carboxylic acids is 3. The summed E-state index contributed by atoms with van der Waals surface area (Å²) < 4.78 is 14.9. The van der Waals surface area contributed by atoms with Crippen LogP contribution in [0, 0.1) is 5.82 Å². The van der Waals surface area contributed by atoms with E-state index in [2.05, 4.69) is 15.5 Å². The van der Waals surface area contributed by atoms with Crippen LogP contribution in [0.15, 0.2) is 12.1 Å². The number of piperidine rings is 1. The molecule has 10 nitrogen and oxygen atoms in total. The molecule has 3 N–H and O–H groups in total. The Morgan fingerprint density at radius 1 is 1.19 bits per heavy atom. The molecule has 2 saturated heterocycles. The van der Waals surface area contributed by atoms with Crippen LogP contribution in [0.3, 0.4) is 0 Å². The molecule has 4 rings (SSSR count). The molecular formula is C20H24FN5O5. The summed E-state index contributed by atoms with van der Waals surface area (Å²) in [6.07, 6.45) is -0.624. The summed E-state index contributed by atoms with van der Waals surface area (Å²) in [5, 5.41) is 13.2. The van der Waals surface area contributed by atoms with Gasteiger partial charge in [-0.3, -0.25) is 24.6 Å². The van der Waals surface area contributed by atoms with E-state index in [1.807, 2.05) is 4.90 Å². The first-order valence-corrected chi connectivity index (χ1v) is 10.2. The molecule has 3 aliphatic rings. The second-order valence-electron chi connectivity index (χ2n) is 7.92. The number of nitrogens with one attached hydrogen (secondary N) is 2. The van der Waals surface area contributed by atoms with Crippen LogP contribution in [0.5, 0.6) is 0 Å². The number of carbonyl (C=O) groups is 4. The standard InChI is InChI=1S/C20H24FN5O5/c21-14-10-13-12(11-26(19(13)29)15-1-2-17(27)23-18(15)28)9-16(14)25-7-5-24(6-8-25)4-3-22-20(30)31/h9-10,15,22H,1-8,11H2,(H,30,31)(H,23,27,28). The van der Waals surface area contributed by atoms with Gasteiger partial charge in [-0.25, -0.2) is 9.18 Å². The minimum atomic E-state index is -1.06. The Morgan fingerprint density at radius 3 is 2.61 bits per heavy atom. The smallest absolute Gasteiger partial charge is 0.404 e. The van der Waals surface area contributed by atoms with Gasteiger partial charge in [0.25, 0.3) is 5.91 Å². The predicted molar refractivity (Wildman–Crippen MR) is 107 cm³/mol. The molecule has 2 fully saturated rings. The zero-order valence-corrected chi connectivity index (χ0v) is 16.9. The maximum absolute atomic E-state index is 14.9. The maximum Gasteiger partial charge on any atom is 0.404 e. The zero-order chi connectivity index (χ0) is 22.1. The molecule has 3 heterocycles. The third-order valence-electron chi connectivity index (χ3n) is 6.01. The minimum absolute atomic E-state index is 0.169. The van der Waals surface area contributed by atoms with Gasteiger partial charge in [0.1, 0.15) is 11.9 Å². The number of rotatable bonds is 5. The van der Waals surface area contributed by atoms with E-state index in [4.69, 9.17) is 5.11 Å². The molecule has 0 aliphatic carbocycles. The molecule has 0 spiro atoms. The number of nitrogens with zero attached hydrogens (tertiary/aromatic N) is 3. The second kappa shape index (κ2) is 8.50. The van der Waals surface area contributed by atoms with Crippen LogP contribution in [-0.4, -0.2) is 84.0 Å². The SMILES string of the molecule is O=C(O)NCCN1CCN(c2cc3c(cc2F)C(=O)N(C2CCC(=O)NC2=O)C3)CC1. The molecule has 0 aromatic heterocycles. The lowest BCUT2D eigenvalue weighted by Crippen LogP contribution is -2.52. The van der Waals surface area contributed by atoms with Crippen LogP contribution in [0.2, 0.25) is 0 Å². The minimum Gasteiger partial charge on any atom is -0.465 e. The van der Waals surface area contributed by atoms with Gasteiger partial charge in [0.15, 0.2) is 0 Å². The highest BCUT2D eigenvalue weighted by atomic mass is 19.1. The first kappa shape index (κ1) is 21.0. The van der Waals surface area contributed by atoms with Gasteiger partial charge in [-0.1, -0.05) is 0 Å². The number of hydrogen-bond donors (Lipinski definition) is 3. The van der Waals surface area contributed by atoms with Crippen LogP contribution in [0.1, 0.15) is 28.8 Å². The average Bonchev–Trinajstić information content (AvgIpc) is 3.03. The van der Waals surface area contributed by atoms with Gasteiger partial charge in [0, 0.05) is 57.8 Å². The van der Waals surface area contributed by atoms with E-state index in [-0.39, 0.29) is 30.9 Å². The van der Waals surface area contributed by atoms with Crippen molar-refractivity contribution in [1.29, 1.82) is 0 Å². The van der Waals surface area contributed by atoms with E-state index >= 15 is 0 Å². The number of amides is 4. The highest BCUT2D eigenvalue weighted by molar-refractivity contribution is 6.05. The maximum atomic E-state index is 14.9. The molecule has 1 unspecified atom stereocenters. The summed E-state index contributed by atoms with van der Waals surface area (Å²) in [5.41, 5.74) is 1.34. The summed E-state index contributed by atoms with van der Waals surface area (Å²) in [4.78, 5) is 52.3. The molecule has 11 heteroatoms. The number of fused-ring (bicyclic) bond motifs is 1. The third-order valence-corrected chi connectivity index (χ3v) is 6.01. The van der Waals surface area contributed by atoms with Gasteiger partial charge in [-0.05, 0) is 24.1 Å². The third kappa shape index (κ3) is 4.31. The Kier molecular flexibility index (Phi) is 5.77. The van der Waals surface area contributed by atoms with Crippen LogP contribution in [0.25, 0.3) is 0 Å². The normalized spacial score (nSPS) is 21.8. The van der Waals surface area contributed by atoms with Crippen LogP contribution in [0.4, 0.5) is 14.9 Å². The van der Waals surface area contributed by atoms with Gasteiger partial charge >= 0.3 is 6.09 Å². The quantitative estimate of drug-likeness (QED) is 0.558. The van der Waals surface area contributed by atoms with E-state index in [9.17, 15) is 23.6 Å². The fourth-order valence-corrected chi connectivity index (χ4v) is 4.35.